The molecule has 1 aromatic rings. The molecule has 0 radical (unpaired) electrons. The highest BCUT2D eigenvalue weighted by molar-refractivity contribution is 8.00. The summed E-state index contributed by atoms with van der Waals surface area (Å²) < 4.78 is 0. The highest BCUT2D eigenvalue weighted by Crippen LogP contribution is 2.28. The van der Waals surface area contributed by atoms with Crippen molar-refractivity contribution >= 4 is 23.4 Å². The van der Waals surface area contributed by atoms with Crippen molar-refractivity contribution in [2.24, 2.45) is 5.92 Å². The minimum absolute atomic E-state index is 0.0903. The van der Waals surface area contributed by atoms with Gasteiger partial charge in [-0.05, 0) is 43.9 Å². The van der Waals surface area contributed by atoms with Crippen molar-refractivity contribution < 1.29 is 4.79 Å². The van der Waals surface area contributed by atoms with Crippen LogP contribution in [0.3, 0.4) is 0 Å². The number of hydrogen-bond acceptors (Lipinski definition) is 3. The highest BCUT2D eigenvalue weighted by atomic mass is 32.2. The van der Waals surface area contributed by atoms with Gasteiger partial charge >= 0.3 is 0 Å². The number of nitrogens with one attached hydrogen (secondary N) is 1. The van der Waals surface area contributed by atoms with Gasteiger partial charge in [-0.25, -0.2) is 0 Å². The first kappa shape index (κ1) is 15.9. The molecular weight excluding hydrogens is 256 g/mol. The molecule has 0 aromatic heterocycles. The van der Waals surface area contributed by atoms with Gasteiger partial charge in [-0.1, -0.05) is 19.9 Å². The predicted octanol–water partition coefficient (Wildman–Crippen LogP) is 3.22. The fourth-order valence-electron chi connectivity index (χ4n) is 1.62. The summed E-state index contributed by atoms with van der Waals surface area (Å²) in [5, 5.41) is 2.87. The molecule has 4 heteroatoms. The molecule has 0 spiro atoms. The predicted molar refractivity (Wildman–Crippen MR) is 83.4 cm³/mol. The molecule has 1 amide bonds. The third kappa shape index (κ3) is 5.55. The number of amides is 1. The van der Waals surface area contributed by atoms with E-state index < -0.39 is 0 Å². The van der Waals surface area contributed by atoms with E-state index in [1.807, 2.05) is 32.0 Å². The van der Waals surface area contributed by atoms with Crippen molar-refractivity contribution in [3.05, 3.63) is 23.8 Å². The second-order valence-corrected chi connectivity index (χ2v) is 6.64. The van der Waals surface area contributed by atoms with E-state index in [0.29, 0.717) is 5.92 Å². The summed E-state index contributed by atoms with van der Waals surface area (Å²) >= 11 is 1.56. The van der Waals surface area contributed by atoms with E-state index in [9.17, 15) is 4.79 Å². The average molecular weight is 280 g/mol. The number of nitrogen functional groups attached to an aromatic ring is 1. The molecular formula is C15H24N2OS. The Kier molecular flexibility index (Phi) is 6.22. The maximum absolute atomic E-state index is 12.0. The molecule has 1 atom stereocenters. The SMILES string of the molecule is Cc1ccc(N)cc1SC(C)C(=O)NCCC(C)C. The average Bonchev–Trinajstić information content (AvgIpc) is 2.33. The standard InChI is InChI=1S/C15H24N2OS/c1-10(2)7-8-17-15(18)12(4)19-14-9-13(16)6-5-11(14)3/h5-6,9-10,12H,7-8,16H2,1-4H3,(H,17,18). The van der Waals surface area contributed by atoms with E-state index in [-0.39, 0.29) is 11.2 Å². The van der Waals surface area contributed by atoms with Crippen LogP contribution < -0.4 is 11.1 Å². The lowest BCUT2D eigenvalue weighted by Crippen LogP contribution is -2.32. The summed E-state index contributed by atoms with van der Waals surface area (Å²) in [5.74, 6) is 0.701. The largest absolute Gasteiger partial charge is 0.399 e. The fourth-order valence-corrected chi connectivity index (χ4v) is 2.64. The second kappa shape index (κ2) is 7.43. The molecule has 0 fully saturated rings. The molecule has 19 heavy (non-hydrogen) atoms. The van der Waals surface area contributed by atoms with Crippen LogP contribution in [-0.4, -0.2) is 17.7 Å². The lowest BCUT2D eigenvalue weighted by Gasteiger charge is -2.14. The zero-order chi connectivity index (χ0) is 14.4. The molecule has 106 valence electrons. The van der Waals surface area contributed by atoms with Crippen molar-refractivity contribution in [1.29, 1.82) is 0 Å². The number of rotatable bonds is 6. The first-order valence-electron chi connectivity index (χ1n) is 6.70. The molecule has 3 N–H and O–H groups in total. The Bertz CT molecular complexity index is 432. The van der Waals surface area contributed by atoms with Crippen LogP contribution in [0, 0.1) is 12.8 Å². The third-order valence-electron chi connectivity index (χ3n) is 2.91. The summed E-state index contributed by atoms with van der Waals surface area (Å²) in [5.41, 5.74) is 7.67. The van der Waals surface area contributed by atoms with Gasteiger partial charge in [0.25, 0.3) is 0 Å². The van der Waals surface area contributed by atoms with Crippen molar-refractivity contribution in [3.63, 3.8) is 0 Å². The van der Waals surface area contributed by atoms with Gasteiger partial charge in [0.15, 0.2) is 0 Å². The minimum Gasteiger partial charge on any atom is -0.399 e. The topological polar surface area (TPSA) is 55.1 Å². The maximum atomic E-state index is 12.0. The van der Waals surface area contributed by atoms with E-state index >= 15 is 0 Å². The van der Waals surface area contributed by atoms with Crippen LogP contribution in [0.2, 0.25) is 0 Å². The fraction of sp³-hybridized carbons (Fsp3) is 0.533. The van der Waals surface area contributed by atoms with Crippen LogP contribution in [0.1, 0.15) is 32.8 Å². The van der Waals surface area contributed by atoms with Crippen LogP contribution >= 0.6 is 11.8 Å². The molecule has 1 rings (SSSR count). The van der Waals surface area contributed by atoms with E-state index in [4.69, 9.17) is 5.73 Å². The van der Waals surface area contributed by atoms with Crippen LogP contribution in [0.25, 0.3) is 0 Å². The first-order valence-corrected chi connectivity index (χ1v) is 7.58. The first-order chi connectivity index (χ1) is 8.90. The molecule has 0 aliphatic rings. The molecule has 3 nitrogen and oxygen atoms in total. The van der Waals surface area contributed by atoms with Crippen molar-refractivity contribution in [3.8, 4) is 0 Å². The number of thioether (sulfide) groups is 1. The maximum Gasteiger partial charge on any atom is 0.233 e. The van der Waals surface area contributed by atoms with Gasteiger partial charge in [-0.15, -0.1) is 11.8 Å². The second-order valence-electron chi connectivity index (χ2n) is 5.26. The van der Waals surface area contributed by atoms with Gasteiger partial charge < -0.3 is 11.1 Å². The van der Waals surface area contributed by atoms with Gasteiger partial charge in [0.2, 0.25) is 5.91 Å². The number of aryl methyl sites for hydroxylation is 1. The summed E-state index contributed by atoms with van der Waals surface area (Å²) in [6.07, 6.45) is 1.01. The Morgan fingerprint density at radius 3 is 2.68 bits per heavy atom. The van der Waals surface area contributed by atoms with Crippen molar-refractivity contribution in [2.45, 2.75) is 44.3 Å². The number of nitrogens with two attached hydrogens (primary N) is 1. The quantitative estimate of drug-likeness (QED) is 0.621. The van der Waals surface area contributed by atoms with Crippen LogP contribution in [0.4, 0.5) is 5.69 Å². The number of carbonyl (C=O) groups excluding carboxylic acids is 1. The van der Waals surface area contributed by atoms with Crippen LogP contribution in [-0.2, 0) is 4.79 Å². The van der Waals surface area contributed by atoms with Crippen molar-refractivity contribution in [2.75, 3.05) is 12.3 Å². The van der Waals surface area contributed by atoms with E-state index in [2.05, 4.69) is 19.2 Å². The van der Waals surface area contributed by atoms with E-state index in [1.165, 1.54) is 0 Å². The summed E-state index contributed by atoms with van der Waals surface area (Å²) in [6, 6.07) is 5.80. The Morgan fingerprint density at radius 1 is 1.37 bits per heavy atom. The van der Waals surface area contributed by atoms with Gasteiger partial charge in [0, 0.05) is 17.1 Å². The summed E-state index contributed by atoms with van der Waals surface area (Å²) in [4.78, 5) is 13.0. The minimum atomic E-state index is -0.104. The Hall–Kier alpha value is -1.16. The van der Waals surface area contributed by atoms with Gasteiger partial charge in [-0.2, -0.15) is 0 Å². The summed E-state index contributed by atoms with van der Waals surface area (Å²) in [6.45, 7) is 9.02. The van der Waals surface area contributed by atoms with E-state index in [1.54, 1.807) is 11.8 Å². The smallest absolute Gasteiger partial charge is 0.233 e. The summed E-state index contributed by atoms with van der Waals surface area (Å²) in [7, 11) is 0. The van der Waals surface area contributed by atoms with Gasteiger partial charge in [0.05, 0.1) is 5.25 Å². The molecule has 0 aliphatic heterocycles. The van der Waals surface area contributed by atoms with E-state index in [0.717, 1.165) is 29.1 Å². The molecule has 0 bridgehead atoms. The lowest BCUT2D eigenvalue weighted by atomic mass is 10.1. The number of hydrogen-bond donors (Lipinski definition) is 2. The van der Waals surface area contributed by atoms with Gasteiger partial charge in [-0.3, -0.25) is 4.79 Å². The number of carbonyl (C=O) groups is 1. The number of anilines is 1. The lowest BCUT2D eigenvalue weighted by molar-refractivity contribution is -0.120. The van der Waals surface area contributed by atoms with Crippen LogP contribution in [0.5, 0.6) is 0 Å². The molecule has 1 unspecified atom stereocenters. The molecule has 1 aromatic carbocycles. The Morgan fingerprint density at radius 2 is 2.05 bits per heavy atom. The zero-order valence-electron chi connectivity index (χ0n) is 12.2. The third-order valence-corrected chi connectivity index (χ3v) is 4.17. The number of benzene rings is 1. The molecule has 0 saturated heterocycles. The van der Waals surface area contributed by atoms with Gasteiger partial charge in [0.1, 0.15) is 0 Å². The monoisotopic (exact) mass is 280 g/mol. The van der Waals surface area contributed by atoms with Crippen LogP contribution in [0.15, 0.2) is 23.1 Å². The molecule has 0 aliphatic carbocycles. The van der Waals surface area contributed by atoms with Crippen molar-refractivity contribution in [1.82, 2.24) is 5.32 Å². The highest BCUT2D eigenvalue weighted by Gasteiger charge is 2.15. The molecule has 0 heterocycles. The normalized spacial score (nSPS) is 12.5. The molecule has 0 saturated carbocycles. The zero-order valence-corrected chi connectivity index (χ0v) is 13.0. The Labute approximate surface area is 120 Å². The Balaban J connectivity index is 2.51.